The normalized spacial score (nSPS) is 15.3. The molecular formula is C29H49NO2Si2. The lowest BCUT2D eigenvalue weighted by atomic mass is 10.1. The third-order valence-corrected chi connectivity index (χ3v) is 16.8. The summed E-state index contributed by atoms with van der Waals surface area (Å²) in [7, 11) is -3.67. The first-order chi connectivity index (χ1) is 15.5. The Labute approximate surface area is 211 Å². The maximum Gasteiger partial charge on any atom is 0.192 e. The molecule has 0 aliphatic rings. The highest BCUT2D eigenvalue weighted by atomic mass is 28.4. The van der Waals surface area contributed by atoms with Crippen LogP contribution < -0.4 is 5.32 Å². The van der Waals surface area contributed by atoms with E-state index in [0.717, 1.165) is 13.1 Å². The lowest BCUT2D eigenvalue weighted by Gasteiger charge is -2.39. The summed E-state index contributed by atoms with van der Waals surface area (Å²) in [5.41, 5.74) is 3.77. The van der Waals surface area contributed by atoms with Crippen molar-refractivity contribution in [3.63, 3.8) is 0 Å². The lowest BCUT2D eigenvalue weighted by molar-refractivity contribution is 0.180. The van der Waals surface area contributed by atoms with E-state index >= 15 is 0 Å². The van der Waals surface area contributed by atoms with Crippen molar-refractivity contribution >= 4 is 16.6 Å². The molecule has 0 bridgehead atoms. The summed E-state index contributed by atoms with van der Waals surface area (Å²) in [6.07, 6.45) is 0.169. The third kappa shape index (κ3) is 7.89. The zero-order valence-corrected chi connectivity index (χ0v) is 25.6. The minimum Gasteiger partial charge on any atom is -0.410 e. The average Bonchev–Trinajstić information content (AvgIpc) is 2.72. The van der Waals surface area contributed by atoms with E-state index in [1.807, 2.05) is 0 Å². The number of nitrogens with one attached hydrogen (secondary N) is 1. The van der Waals surface area contributed by atoms with Gasteiger partial charge in [-0.2, -0.15) is 0 Å². The fourth-order valence-corrected chi connectivity index (χ4v) is 6.03. The van der Waals surface area contributed by atoms with Gasteiger partial charge in [-0.25, -0.2) is 0 Å². The van der Waals surface area contributed by atoms with Crippen molar-refractivity contribution in [1.82, 2.24) is 5.32 Å². The highest BCUT2D eigenvalue weighted by molar-refractivity contribution is 6.74. The molecule has 2 aromatic carbocycles. The molecule has 1 N–H and O–H groups in total. The predicted octanol–water partition coefficient (Wildman–Crippen LogP) is 8.62. The molecule has 34 heavy (non-hydrogen) atoms. The molecule has 2 atom stereocenters. The first kappa shape index (κ1) is 29.0. The van der Waals surface area contributed by atoms with Gasteiger partial charge in [0.15, 0.2) is 16.6 Å². The van der Waals surface area contributed by atoms with Crippen LogP contribution in [0.2, 0.25) is 36.3 Å². The summed E-state index contributed by atoms with van der Waals surface area (Å²) in [4.78, 5) is 0. The molecule has 3 nitrogen and oxygen atoms in total. The summed E-state index contributed by atoms with van der Waals surface area (Å²) < 4.78 is 13.4. The standard InChI is InChI=1S/C29H49NO2Si2/c1-23(31-33(8,9)28(2,3)4)25-19-17-24(18-20-25)21-30-22-27(26-15-13-12-14-16-26)32-34(10,11)29(5,6)7/h12-20,23,27,30H,21-22H2,1-11H3. The lowest BCUT2D eigenvalue weighted by Crippen LogP contribution is -2.43. The molecule has 0 amide bonds. The Bertz CT molecular complexity index is 881. The monoisotopic (exact) mass is 499 g/mol. The Hall–Kier alpha value is -1.25. The number of hydrogen-bond acceptors (Lipinski definition) is 3. The van der Waals surface area contributed by atoms with Gasteiger partial charge in [-0.05, 0) is 59.9 Å². The minimum absolute atomic E-state index is 0.0550. The zero-order valence-electron chi connectivity index (χ0n) is 23.6. The van der Waals surface area contributed by atoms with Crippen LogP contribution in [0.25, 0.3) is 0 Å². The smallest absolute Gasteiger partial charge is 0.192 e. The van der Waals surface area contributed by atoms with Gasteiger partial charge in [-0.15, -0.1) is 0 Å². The molecule has 0 heterocycles. The SMILES string of the molecule is CC(O[Si](C)(C)C(C)(C)C)c1ccc(CNCC(O[Si](C)(C)C(C)(C)C)c2ccccc2)cc1. The van der Waals surface area contributed by atoms with E-state index in [2.05, 4.69) is 135 Å². The third-order valence-electron chi connectivity index (χ3n) is 7.80. The second-order valence-electron chi connectivity index (χ2n) is 12.7. The van der Waals surface area contributed by atoms with Crippen molar-refractivity contribution in [2.45, 2.75) is 103 Å². The van der Waals surface area contributed by atoms with Gasteiger partial charge in [0.2, 0.25) is 0 Å². The zero-order chi connectivity index (χ0) is 25.8. The van der Waals surface area contributed by atoms with Crippen molar-refractivity contribution in [3.05, 3.63) is 71.3 Å². The molecule has 0 spiro atoms. The number of rotatable bonds is 10. The highest BCUT2D eigenvalue weighted by Gasteiger charge is 2.40. The Balaban J connectivity index is 2.02. The van der Waals surface area contributed by atoms with E-state index < -0.39 is 16.6 Å². The van der Waals surface area contributed by atoms with E-state index in [1.165, 1.54) is 16.7 Å². The van der Waals surface area contributed by atoms with Gasteiger partial charge in [-0.1, -0.05) is 96.1 Å². The van der Waals surface area contributed by atoms with Gasteiger partial charge in [0, 0.05) is 13.1 Å². The molecule has 2 unspecified atom stereocenters. The average molecular weight is 500 g/mol. The van der Waals surface area contributed by atoms with Gasteiger partial charge in [-0.3, -0.25) is 0 Å². The van der Waals surface area contributed by atoms with Crippen LogP contribution >= 0.6 is 0 Å². The quantitative estimate of drug-likeness (QED) is 0.332. The molecule has 0 saturated heterocycles. The largest absolute Gasteiger partial charge is 0.410 e. The Morgan fingerprint density at radius 2 is 1.21 bits per heavy atom. The van der Waals surface area contributed by atoms with Crippen LogP contribution in [0, 0.1) is 0 Å². The van der Waals surface area contributed by atoms with Crippen LogP contribution in [0.4, 0.5) is 0 Å². The number of benzene rings is 2. The van der Waals surface area contributed by atoms with Crippen molar-refractivity contribution in [1.29, 1.82) is 0 Å². The maximum atomic E-state index is 6.81. The fourth-order valence-electron chi connectivity index (χ4n) is 3.37. The molecular weight excluding hydrogens is 450 g/mol. The summed E-state index contributed by atoms with van der Waals surface area (Å²) in [6.45, 7) is 26.8. The van der Waals surface area contributed by atoms with Gasteiger partial charge in [0.05, 0.1) is 12.2 Å². The molecule has 0 saturated carbocycles. The van der Waals surface area contributed by atoms with Gasteiger partial charge >= 0.3 is 0 Å². The van der Waals surface area contributed by atoms with Gasteiger partial charge < -0.3 is 14.2 Å². The fraction of sp³-hybridized carbons (Fsp3) is 0.586. The summed E-state index contributed by atoms with van der Waals surface area (Å²) in [6, 6.07) is 19.5. The van der Waals surface area contributed by atoms with Crippen molar-refractivity contribution < 1.29 is 8.85 Å². The van der Waals surface area contributed by atoms with E-state index in [0.29, 0.717) is 0 Å². The highest BCUT2D eigenvalue weighted by Crippen LogP contribution is 2.40. The molecule has 2 aromatic rings. The summed E-state index contributed by atoms with van der Waals surface area (Å²) >= 11 is 0. The van der Waals surface area contributed by atoms with E-state index in [-0.39, 0.29) is 22.3 Å². The Morgan fingerprint density at radius 1 is 0.706 bits per heavy atom. The topological polar surface area (TPSA) is 30.5 Å². The summed E-state index contributed by atoms with van der Waals surface area (Å²) in [5, 5.41) is 4.05. The second-order valence-corrected chi connectivity index (χ2v) is 22.2. The second kappa shape index (κ2) is 11.2. The summed E-state index contributed by atoms with van der Waals surface area (Å²) in [5.74, 6) is 0. The van der Waals surface area contributed by atoms with E-state index in [4.69, 9.17) is 8.85 Å². The van der Waals surface area contributed by atoms with Crippen LogP contribution in [0.1, 0.15) is 77.4 Å². The molecule has 0 aliphatic heterocycles. The van der Waals surface area contributed by atoms with Crippen LogP contribution in [0.5, 0.6) is 0 Å². The van der Waals surface area contributed by atoms with Gasteiger partial charge in [0.1, 0.15) is 0 Å². The molecule has 5 heteroatoms. The maximum absolute atomic E-state index is 6.81. The Morgan fingerprint density at radius 3 is 1.71 bits per heavy atom. The van der Waals surface area contributed by atoms with Gasteiger partial charge in [0.25, 0.3) is 0 Å². The predicted molar refractivity (Wildman–Crippen MR) is 152 cm³/mol. The van der Waals surface area contributed by atoms with E-state index in [1.54, 1.807) is 0 Å². The number of hydrogen-bond donors (Lipinski definition) is 1. The van der Waals surface area contributed by atoms with E-state index in [9.17, 15) is 0 Å². The van der Waals surface area contributed by atoms with Crippen LogP contribution in [-0.4, -0.2) is 23.2 Å². The minimum atomic E-state index is -1.88. The van der Waals surface area contributed by atoms with Crippen molar-refractivity contribution in [2.75, 3.05) is 6.54 Å². The first-order valence-corrected chi connectivity index (χ1v) is 18.6. The Kier molecular flexibility index (Phi) is 9.56. The van der Waals surface area contributed by atoms with Crippen LogP contribution in [-0.2, 0) is 15.4 Å². The van der Waals surface area contributed by atoms with Crippen molar-refractivity contribution in [3.8, 4) is 0 Å². The molecule has 0 fully saturated rings. The molecule has 0 aromatic heterocycles. The van der Waals surface area contributed by atoms with Crippen LogP contribution in [0.15, 0.2) is 54.6 Å². The molecule has 0 radical (unpaired) electrons. The molecule has 2 rings (SSSR count). The van der Waals surface area contributed by atoms with Crippen LogP contribution in [0.3, 0.4) is 0 Å². The molecule has 0 aliphatic carbocycles. The van der Waals surface area contributed by atoms with Crippen molar-refractivity contribution in [2.24, 2.45) is 0 Å². The molecule has 190 valence electrons. The first-order valence-electron chi connectivity index (χ1n) is 12.7.